The molecular weight excluding hydrogens is 272 g/mol. The van der Waals surface area contributed by atoms with E-state index < -0.39 is 0 Å². The first-order chi connectivity index (χ1) is 9.65. The molecule has 0 unspecified atom stereocenters. The van der Waals surface area contributed by atoms with Crippen LogP contribution in [0.25, 0.3) is 0 Å². The molecule has 0 amide bonds. The molecule has 1 aromatic rings. The molecule has 0 fully saturated rings. The van der Waals surface area contributed by atoms with Crippen LogP contribution in [0.2, 0.25) is 0 Å². The Labute approximate surface area is 126 Å². The van der Waals surface area contributed by atoms with Crippen LogP contribution in [0.4, 0.5) is 5.69 Å². The minimum Gasteiger partial charge on any atom is -0.360 e. The van der Waals surface area contributed by atoms with Gasteiger partial charge in [-0.1, -0.05) is 18.2 Å². The Kier molecular flexibility index (Phi) is 8.18. The lowest BCUT2D eigenvalue weighted by Crippen LogP contribution is -2.38. The van der Waals surface area contributed by atoms with E-state index in [2.05, 4.69) is 17.6 Å². The molecule has 0 aliphatic carbocycles. The van der Waals surface area contributed by atoms with Crippen LogP contribution in [0.3, 0.4) is 0 Å². The van der Waals surface area contributed by atoms with Crippen molar-refractivity contribution in [3.8, 4) is 0 Å². The van der Waals surface area contributed by atoms with E-state index in [0.29, 0.717) is 18.3 Å². The van der Waals surface area contributed by atoms with Crippen molar-refractivity contribution in [3.05, 3.63) is 30.3 Å². The van der Waals surface area contributed by atoms with Crippen molar-refractivity contribution in [1.29, 1.82) is 0 Å². The highest BCUT2D eigenvalue weighted by molar-refractivity contribution is 7.80. The Morgan fingerprint density at radius 1 is 1.15 bits per heavy atom. The summed E-state index contributed by atoms with van der Waals surface area (Å²) in [4.78, 5) is 0. The minimum absolute atomic E-state index is 0.168. The average molecular weight is 296 g/mol. The van der Waals surface area contributed by atoms with E-state index >= 15 is 0 Å². The first-order valence-electron chi connectivity index (χ1n) is 7.01. The molecule has 1 aromatic carbocycles. The highest BCUT2D eigenvalue weighted by Crippen LogP contribution is 2.07. The fourth-order valence-electron chi connectivity index (χ4n) is 1.82. The third-order valence-electron chi connectivity index (χ3n) is 2.66. The molecule has 4 nitrogen and oxygen atoms in total. The summed E-state index contributed by atoms with van der Waals surface area (Å²) in [6.07, 6.45) is 0.560. The summed E-state index contributed by atoms with van der Waals surface area (Å²) in [7, 11) is 0. The van der Waals surface area contributed by atoms with Crippen molar-refractivity contribution in [2.45, 2.75) is 39.5 Å². The Morgan fingerprint density at radius 2 is 1.75 bits per heavy atom. The predicted octanol–water partition coefficient (Wildman–Crippen LogP) is 3.15. The van der Waals surface area contributed by atoms with Gasteiger partial charge in [0, 0.05) is 31.4 Å². The van der Waals surface area contributed by atoms with Crippen LogP contribution >= 0.6 is 12.2 Å². The third-order valence-corrected chi connectivity index (χ3v) is 2.88. The van der Waals surface area contributed by atoms with Gasteiger partial charge in [-0.05, 0) is 45.1 Å². The van der Waals surface area contributed by atoms with E-state index in [4.69, 9.17) is 21.7 Å². The van der Waals surface area contributed by atoms with Crippen LogP contribution in [0.1, 0.15) is 27.2 Å². The summed E-state index contributed by atoms with van der Waals surface area (Å²) in [5.41, 5.74) is 0.975. The lowest BCUT2D eigenvalue weighted by atomic mass is 10.2. The number of thiocarbonyl (C=S) groups is 1. The van der Waals surface area contributed by atoms with Crippen LogP contribution in [-0.2, 0) is 9.47 Å². The van der Waals surface area contributed by atoms with Crippen LogP contribution in [0.15, 0.2) is 30.3 Å². The fourth-order valence-corrected chi connectivity index (χ4v) is 2.14. The Hall–Kier alpha value is -1.17. The molecule has 112 valence electrons. The van der Waals surface area contributed by atoms with Crippen LogP contribution in [0.5, 0.6) is 0 Å². The maximum Gasteiger partial charge on any atom is 0.170 e. The molecule has 0 spiro atoms. The molecule has 0 radical (unpaired) electrons. The molecule has 1 rings (SSSR count). The molecule has 0 aliphatic heterocycles. The van der Waals surface area contributed by atoms with Crippen molar-refractivity contribution < 1.29 is 9.47 Å². The van der Waals surface area contributed by atoms with E-state index in [0.717, 1.165) is 12.1 Å². The van der Waals surface area contributed by atoms with Gasteiger partial charge in [0.25, 0.3) is 0 Å². The van der Waals surface area contributed by atoms with Gasteiger partial charge in [0.15, 0.2) is 11.4 Å². The highest BCUT2D eigenvalue weighted by Gasteiger charge is 2.14. The van der Waals surface area contributed by atoms with E-state index in [1.165, 1.54) is 0 Å². The number of benzene rings is 1. The number of rotatable bonds is 8. The van der Waals surface area contributed by atoms with Gasteiger partial charge in [-0.3, -0.25) is 0 Å². The Bertz CT molecular complexity index is 381. The van der Waals surface area contributed by atoms with E-state index in [1.807, 2.05) is 44.2 Å². The van der Waals surface area contributed by atoms with Crippen molar-refractivity contribution in [2.24, 2.45) is 0 Å². The van der Waals surface area contributed by atoms with Gasteiger partial charge in [0.2, 0.25) is 0 Å². The predicted molar refractivity (Wildman–Crippen MR) is 86.9 cm³/mol. The normalized spacial score (nSPS) is 12.2. The second-order valence-corrected chi connectivity index (χ2v) is 4.85. The summed E-state index contributed by atoms with van der Waals surface area (Å²) in [5.74, 6) is 0. The zero-order chi connectivity index (χ0) is 14.8. The number of para-hydroxylation sites is 1. The molecular formula is C15H24N2O2S. The second kappa shape index (κ2) is 9.69. The van der Waals surface area contributed by atoms with Crippen molar-refractivity contribution in [2.75, 3.05) is 18.5 Å². The van der Waals surface area contributed by atoms with Crippen molar-refractivity contribution in [1.82, 2.24) is 5.32 Å². The van der Waals surface area contributed by atoms with Gasteiger partial charge in [-0.2, -0.15) is 0 Å². The number of hydrogen-bond acceptors (Lipinski definition) is 3. The molecule has 0 saturated heterocycles. The Balaban J connectivity index is 2.36. The first kappa shape index (κ1) is 16.9. The second-order valence-electron chi connectivity index (χ2n) is 4.44. The lowest BCUT2D eigenvalue weighted by molar-refractivity contribution is -0.141. The van der Waals surface area contributed by atoms with Gasteiger partial charge in [-0.15, -0.1) is 0 Å². The molecule has 0 bridgehead atoms. The summed E-state index contributed by atoms with van der Waals surface area (Å²) in [6, 6.07) is 10.0. The van der Waals surface area contributed by atoms with Crippen LogP contribution in [0, 0.1) is 0 Å². The quantitative estimate of drug-likeness (QED) is 0.570. The average Bonchev–Trinajstić information content (AvgIpc) is 2.40. The standard InChI is InChI=1S/C15H24N2O2S/c1-4-18-14(19-5-2)11-12(3)16-15(20)17-13-9-7-6-8-10-13/h6-10,12,14H,4-5,11H2,1-3H3,(H2,16,17,20)/t12-/m1/s1. The summed E-state index contributed by atoms with van der Waals surface area (Å²) >= 11 is 5.29. The van der Waals surface area contributed by atoms with Gasteiger partial charge in [-0.25, -0.2) is 0 Å². The molecule has 1 atom stereocenters. The number of hydrogen-bond donors (Lipinski definition) is 2. The van der Waals surface area contributed by atoms with Gasteiger partial charge >= 0.3 is 0 Å². The molecule has 0 aliphatic rings. The largest absolute Gasteiger partial charge is 0.360 e. The topological polar surface area (TPSA) is 42.5 Å². The number of anilines is 1. The van der Waals surface area contributed by atoms with E-state index in [1.54, 1.807) is 0 Å². The summed E-state index contributed by atoms with van der Waals surface area (Å²) in [6.45, 7) is 7.27. The smallest absolute Gasteiger partial charge is 0.170 e. The minimum atomic E-state index is -0.188. The maximum atomic E-state index is 5.53. The van der Waals surface area contributed by atoms with Crippen molar-refractivity contribution >= 4 is 23.0 Å². The molecule has 5 heteroatoms. The molecule has 0 aromatic heterocycles. The van der Waals surface area contributed by atoms with Crippen LogP contribution in [-0.4, -0.2) is 30.7 Å². The maximum absolute atomic E-state index is 5.53. The monoisotopic (exact) mass is 296 g/mol. The van der Waals surface area contributed by atoms with Crippen LogP contribution < -0.4 is 10.6 Å². The lowest BCUT2D eigenvalue weighted by Gasteiger charge is -2.22. The zero-order valence-electron chi connectivity index (χ0n) is 12.4. The number of nitrogens with one attached hydrogen (secondary N) is 2. The fraction of sp³-hybridized carbons (Fsp3) is 0.533. The SMILES string of the molecule is CCOC(C[C@@H](C)NC(=S)Nc1ccccc1)OCC. The third kappa shape index (κ3) is 6.84. The van der Waals surface area contributed by atoms with E-state index in [-0.39, 0.29) is 12.3 Å². The summed E-state index contributed by atoms with van der Waals surface area (Å²) in [5, 5.41) is 6.99. The van der Waals surface area contributed by atoms with E-state index in [9.17, 15) is 0 Å². The molecule has 0 heterocycles. The molecule has 0 saturated carbocycles. The Morgan fingerprint density at radius 3 is 2.30 bits per heavy atom. The van der Waals surface area contributed by atoms with Gasteiger partial charge < -0.3 is 20.1 Å². The zero-order valence-corrected chi connectivity index (χ0v) is 13.2. The molecule has 20 heavy (non-hydrogen) atoms. The van der Waals surface area contributed by atoms with Crippen molar-refractivity contribution in [3.63, 3.8) is 0 Å². The van der Waals surface area contributed by atoms with Gasteiger partial charge in [0.1, 0.15) is 0 Å². The first-order valence-corrected chi connectivity index (χ1v) is 7.42. The summed E-state index contributed by atoms with van der Waals surface area (Å²) < 4.78 is 11.1. The molecule has 2 N–H and O–H groups in total. The highest BCUT2D eigenvalue weighted by atomic mass is 32.1. The number of ether oxygens (including phenoxy) is 2. The van der Waals surface area contributed by atoms with Gasteiger partial charge in [0.05, 0.1) is 0 Å².